The van der Waals surface area contributed by atoms with E-state index in [1.807, 2.05) is 0 Å². The van der Waals surface area contributed by atoms with Crippen molar-refractivity contribution in [3.8, 4) is 0 Å². The molecular weight excluding hydrogens is 219 g/mol. The molecule has 0 aromatic rings. The van der Waals surface area contributed by atoms with E-state index in [9.17, 15) is 0 Å². The highest BCUT2D eigenvalue weighted by Crippen LogP contribution is 2.64. The second-order valence-corrected chi connectivity index (χ2v) is 7.56. The molecule has 0 aromatic heterocycles. The molecule has 1 aliphatic carbocycles. The first-order chi connectivity index (χ1) is 7.27. The highest BCUT2D eigenvalue weighted by Gasteiger charge is 2.57. The van der Waals surface area contributed by atoms with Crippen molar-refractivity contribution in [2.24, 2.45) is 5.92 Å². The van der Waals surface area contributed by atoms with Gasteiger partial charge in [-0.2, -0.15) is 12.6 Å². The van der Waals surface area contributed by atoms with Gasteiger partial charge in [0, 0.05) is 18.0 Å². The lowest BCUT2D eigenvalue weighted by Crippen LogP contribution is -2.45. The fraction of sp³-hybridized carbons (Fsp3) is 1.00. The summed E-state index contributed by atoms with van der Waals surface area (Å²) < 4.78 is 11.5. The average Bonchev–Trinajstić information content (AvgIpc) is 2.88. The molecule has 2 unspecified atom stereocenters. The van der Waals surface area contributed by atoms with Crippen LogP contribution in [0.2, 0.25) is 5.31 Å². The highest BCUT2D eigenvalue weighted by molar-refractivity contribution is 7.81. The second-order valence-electron chi connectivity index (χ2n) is 6.45. The number of thiol groups is 1. The predicted octanol–water partition coefficient (Wildman–Crippen LogP) is 2.44. The molecule has 2 atom stereocenters. The van der Waals surface area contributed by atoms with Gasteiger partial charge in [-0.15, -0.1) is 0 Å². The second kappa shape index (κ2) is 3.92. The zero-order valence-corrected chi connectivity index (χ0v) is 11.8. The van der Waals surface area contributed by atoms with Crippen molar-refractivity contribution in [2.45, 2.75) is 56.2 Å². The van der Waals surface area contributed by atoms with Crippen LogP contribution in [0.4, 0.5) is 0 Å². The Morgan fingerprint density at radius 2 is 2.06 bits per heavy atom. The van der Waals surface area contributed by atoms with Gasteiger partial charge in [-0.3, -0.25) is 0 Å². The van der Waals surface area contributed by atoms with Crippen molar-refractivity contribution in [3.63, 3.8) is 0 Å². The Bertz CT molecular complexity index is 275. The van der Waals surface area contributed by atoms with Crippen LogP contribution in [0.15, 0.2) is 0 Å². The van der Waals surface area contributed by atoms with Crippen LogP contribution >= 0.6 is 12.6 Å². The van der Waals surface area contributed by atoms with E-state index in [2.05, 4.69) is 40.3 Å². The summed E-state index contributed by atoms with van der Waals surface area (Å²) in [6.07, 6.45) is 2.46. The Morgan fingerprint density at radius 3 is 2.62 bits per heavy atom. The minimum atomic E-state index is -0.184. The summed E-state index contributed by atoms with van der Waals surface area (Å²) in [4.78, 5) is 0. The smallest absolute Gasteiger partial charge is 0.282 e. The van der Waals surface area contributed by atoms with E-state index in [1.165, 1.54) is 12.8 Å². The maximum Gasteiger partial charge on any atom is 0.282 e. The van der Waals surface area contributed by atoms with Gasteiger partial charge in [0.15, 0.2) is 0 Å². The van der Waals surface area contributed by atoms with Crippen LogP contribution in [-0.2, 0) is 9.39 Å². The molecule has 1 aliphatic heterocycles. The maximum absolute atomic E-state index is 6.15. The van der Waals surface area contributed by atoms with Crippen molar-refractivity contribution < 1.29 is 9.39 Å². The third-order valence-electron chi connectivity index (χ3n) is 4.62. The van der Waals surface area contributed by atoms with Crippen LogP contribution in [0.25, 0.3) is 0 Å². The quantitative estimate of drug-likeness (QED) is 0.603. The fourth-order valence-electron chi connectivity index (χ4n) is 2.22. The summed E-state index contributed by atoms with van der Waals surface area (Å²) in [6.45, 7) is 10.3. The van der Waals surface area contributed by atoms with Crippen molar-refractivity contribution in [3.05, 3.63) is 0 Å². The van der Waals surface area contributed by atoms with Gasteiger partial charge in [0.05, 0.1) is 5.60 Å². The predicted molar refractivity (Wildman–Crippen MR) is 71.6 cm³/mol. The standard InChI is InChI=1S/C12H23BO2S/c1-10(2,11(3,4)16)15-13-12-5-6-14-8-9(12)7-12/h9,13,16H,5-8H2,1-4H3. The molecular formula is C12H23BO2S. The van der Waals surface area contributed by atoms with Gasteiger partial charge in [0.25, 0.3) is 7.48 Å². The molecule has 1 heterocycles. The van der Waals surface area contributed by atoms with E-state index >= 15 is 0 Å². The summed E-state index contributed by atoms with van der Waals surface area (Å²) in [5, 5.41) is 0.439. The lowest BCUT2D eigenvalue weighted by Gasteiger charge is -2.39. The minimum absolute atomic E-state index is 0.112. The Labute approximate surface area is 105 Å². The number of rotatable bonds is 4. The molecule has 2 aliphatic rings. The molecule has 4 heteroatoms. The van der Waals surface area contributed by atoms with Crippen LogP contribution < -0.4 is 0 Å². The summed E-state index contributed by atoms with van der Waals surface area (Å²) in [6, 6.07) is 0. The summed E-state index contributed by atoms with van der Waals surface area (Å²) >= 11 is 4.62. The number of ether oxygens (including phenoxy) is 1. The average molecular weight is 242 g/mol. The molecule has 0 aromatic carbocycles. The third kappa shape index (κ3) is 2.29. The van der Waals surface area contributed by atoms with Gasteiger partial charge in [-0.1, -0.05) is 0 Å². The molecule has 2 nitrogen and oxygen atoms in total. The number of hydrogen-bond donors (Lipinski definition) is 1. The Hall–Kier alpha value is 0.335. The van der Waals surface area contributed by atoms with Crippen molar-refractivity contribution >= 4 is 20.1 Å². The topological polar surface area (TPSA) is 18.5 Å². The summed E-state index contributed by atoms with van der Waals surface area (Å²) in [5.41, 5.74) is -0.184. The fourth-order valence-corrected chi connectivity index (χ4v) is 2.29. The van der Waals surface area contributed by atoms with Crippen molar-refractivity contribution in [1.29, 1.82) is 0 Å². The lowest BCUT2D eigenvalue weighted by molar-refractivity contribution is 0.0633. The summed E-state index contributed by atoms with van der Waals surface area (Å²) in [7, 11) is 0.873. The molecule has 0 radical (unpaired) electrons. The zero-order valence-electron chi connectivity index (χ0n) is 10.9. The van der Waals surface area contributed by atoms with Crippen molar-refractivity contribution in [2.75, 3.05) is 13.2 Å². The first-order valence-corrected chi connectivity index (χ1v) is 6.66. The maximum atomic E-state index is 6.15. The van der Waals surface area contributed by atoms with Gasteiger partial charge in [0.2, 0.25) is 0 Å². The number of fused-ring (bicyclic) bond motifs is 1. The third-order valence-corrected chi connectivity index (χ3v) is 5.15. The first-order valence-electron chi connectivity index (χ1n) is 6.21. The van der Waals surface area contributed by atoms with Gasteiger partial charge >= 0.3 is 0 Å². The van der Waals surface area contributed by atoms with Gasteiger partial charge < -0.3 is 9.39 Å². The van der Waals surface area contributed by atoms with Gasteiger partial charge in [-0.05, 0) is 51.8 Å². The summed E-state index contributed by atoms with van der Waals surface area (Å²) in [5.74, 6) is 0.750. The normalized spacial score (nSPS) is 34.4. The lowest BCUT2D eigenvalue weighted by atomic mass is 9.70. The van der Waals surface area contributed by atoms with E-state index in [0.29, 0.717) is 5.31 Å². The van der Waals surface area contributed by atoms with Gasteiger partial charge in [0.1, 0.15) is 0 Å². The van der Waals surface area contributed by atoms with E-state index in [4.69, 9.17) is 9.39 Å². The van der Waals surface area contributed by atoms with E-state index in [1.54, 1.807) is 0 Å². The molecule has 1 saturated carbocycles. The van der Waals surface area contributed by atoms with Crippen LogP contribution in [0.3, 0.4) is 0 Å². The Morgan fingerprint density at radius 1 is 1.38 bits per heavy atom. The van der Waals surface area contributed by atoms with Crippen molar-refractivity contribution in [1.82, 2.24) is 0 Å². The molecule has 92 valence electrons. The molecule has 0 bridgehead atoms. The minimum Gasteiger partial charge on any atom is -0.433 e. The van der Waals surface area contributed by atoms with E-state index < -0.39 is 0 Å². The highest BCUT2D eigenvalue weighted by atomic mass is 32.1. The van der Waals surface area contributed by atoms with Crippen LogP contribution in [0.1, 0.15) is 40.5 Å². The molecule has 16 heavy (non-hydrogen) atoms. The SMILES string of the molecule is CC(C)(S)C(C)(C)OBC12CCOCC1C2. The molecule has 0 amide bonds. The largest absolute Gasteiger partial charge is 0.433 e. The molecule has 2 fully saturated rings. The molecule has 0 spiro atoms. The zero-order chi connectivity index (χ0) is 12.0. The first kappa shape index (κ1) is 12.8. The molecule has 2 rings (SSSR count). The molecule has 0 N–H and O–H groups in total. The Balaban J connectivity index is 1.88. The van der Waals surface area contributed by atoms with Crippen LogP contribution in [0.5, 0.6) is 0 Å². The van der Waals surface area contributed by atoms with E-state index in [0.717, 1.165) is 26.6 Å². The van der Waals surface area contributed by atoms with E-state index in [-0.39, 0.29) is 10.3 Å². The molecule has 1 saturated heterocycles. The van der Waals surface area contributed by atoms with Crippen LogP contribution in [-0.4, -0.2) is 31.0 Å². The van der Waals surface area contributed by atoms with Crippen LogP contribution in [0, 0.1) is 5.92 Å². The number of hydrogen-bond acceptors (Lipinski definition) is 3. The monoisotopic (exact) mass is 242 g/mol. The Kier molecular flexibility index (Phi) is 3.14. The van der Waals surface area contributed by atoms with Gasteiger partial charge in [-0.25, -0.2) is 0 Å².